The number of carbonyl (C=O) groups excluding carboxylic acids is 1. The summed E-state index contributed by atoms with van der Waals surface area (Å²) in [6, 6.07) is 9.99. The second-order valence-corrected chi connectivity index (χ2v) is 7.14. The number of rotatable bonds is 8. The number of carbonyl (C=O) groups is 1. The number of benzene rings is 2. The number of anilines is 1. The first-order chi connectivity index (χ1) is 15.7. The van der Waals surface area contributed by atoms with Crippen molar-refractivity contribution >= 4 is 23.3 Å². The summed E-state index contributed by atoms with van der Waals surface area (Å²) in [5.41, 5.74) is -0.636. The van der Waals surface area contributed by atoms with Crippen molar-refractivity contribution in [3.63, 3.8) is 0 Å². The van der Waals surface area contributed by atoms with E-state index in [1.54, 1.807) is 12.1 Å². The fourth-order valence-electron chi connectivity index (χ4n) is 2.79. The van der Waals surface area contributed by atoms with Gasteiger partial charge < -0.3 is 20.1 Å². The van der Waals surface area contributed by atoms with Gasteiger partial charge in [-0.15, -0.1) is 0 Å². The predicted octanol–water partition coefficient (Wildman–Crippen LogP) is 5.03. The maximum atomic E-state index is 14.1. The molecule has 0 aliphatic heterocycles. The van der Waals surface area contributed by atoms with Gasteiger partial charge in [0.25, 0.3) is 0 Å². The van der Waals surface area contributed by atoms with Crippen LogP contribution in [-0.4, -0.2) is 36.1 Å². The minimum absolute atomic E-state index is 0.0110. The van der Waals surface area contributed by atoms with E-state index in [-0.39, 0.29) is 36.9 Å². The predicted molar refractivity (Wildman–Crippen MR) is 113 cm³/mol. The SMILES string of the molecule is COCCOc1ccc(NC(=O)NCc2cc(C(F)(F)F)nn2-c2cccc(Cl)c2)cc1F. The van der Waals surface area contributed by atoms with Gasteiger partial charge in [-0.3, -0.25) is 0 Å². The van der Waals surface area contributed by atoms with Gasteiger partial charge in [0, 0.05) is 23.9 Å². The number of urea groups is 1. The van der Waals surface area contributed by atoms with Crippen LogP contribution >= 0.6 is 11.6 Å². The number of methoxy groups -OCH3 is 1. The van der Waals surface area contributed by atoms with Crippen LogP contribution in [-0.2, 0) is 17.5 Å². The van der Waals surface area contributed by atoms with E-state index in [0.29, 0.717) is 10.7 Å². The molecule has 2 amide bonds. The molecule has 2 N–H and O–H groups in total. The van der Waals surface area contributed by atoms with Gasteiger partial charge in [0.05, 0.1) is 24.5 Å². The highest BCUT2D eigenvalue weighted by Crippen LogP contribution is 2.30. The van der Waals surface area contributed by atoms with Crippen LogP contribution in [0.4, 0.5) is 28.0 Å². The molecule has 2 aromatic carbocycles. The zero-order chi connectivity index (χ0) is 24.0. The number of hydrogen-bond donors (Lipinski definition) is 2. The van der Waals surface area contributed by atoms with E-state index in [1.807, 2.05) is 0 Å². The maximum Gasteiger partial charge on any atom is 0.435 e. The van der Waals surface area contributed by atoms with Crippen molar-refractivity contribution in [1.82, 2.24) is 15.1 Å². The van der Waals surface area contributed by atoms with Crippen molar-refractivity contribution in [1.29, 1.82) is 0 Å². The first-order valence-corrected chi connectivity index (χ1v) is 9.93. The lowest BCUT2D eigenvalue weighted by Crippen LogP contribution is -2.29. The molecule has 0 saturated heterocycles. The lowest BCUT2D eigenvalue weighted by Gasteiger charge is -2.11. The van der Waals surface area contributed by atoms with E-state index in [4.69, 9.17) is 21.1 Å². The van der Waals surface area contributed by atoms with Crippen LogP contribution in [0.3, 0.4) is 0 Å². The summed E-state index contributed by atoms with van der Waals surface area (Å²) < 4.78 is 64.7. The molecule has 12 heteroatoms. The topological polar surface area (TPSA) is 77.4 Å². The Bertz CT molecular complexity index is 1120. The molecule has 1 aromatic heterocycles. The lowest BCUT2D eigenvalue weighted by molar-refractivity contribution is -0.141. The molecule has 0 aliphatic rings. The second-order valence-electron chi connectivity index (χ2n) is 6.70. The van der Waals surface area contributed by atoms with Crippen molar-refractivity contribution in [2.45, 2.75) is 12.7 Å². The van der Waals surface area contributed by atoms with Gasteiger partial charge in [-0.05, 0) is 36.4 Å². The third kappa shape index (κ3) is 6.59. The van der Waals surface area contributed by atoms with Crippen molar-refractivity contribution in [3.8, 4) is 11.4 Å². The Labute approximate surface area is 191 Å². The van der Waals surface area contributed by atoms with Gasteiger partial charge in [0.15, 0.2) is 17.3 Å². The fourth-order valence-corrected chi connectivity index (χ4v) is 2.98. The molecule has 0 aliphatic carbocycles. The normalized spacial score (nSPS) is 11.3. The molecule has 7 nitrogen and oxygen atoms in total. The van der Waals surface area contributed by atoms with Crippen molar-refractivity contribution in [2.75, 3.05) is 25.6 Å². The number of nitrogens with zero attached hydrogens (tertiary/aromatic N) is 2. The minimum Gasteiger partial charge on any atom is -0.488 e. The van der Waals surface area contributed by atoms with E-state index in [1.165, 1.54) is 31.4 Å². The molecule has 3 rings (SSSR count). The van der Waals surface area contributed by atoms with E-state index in [0.717, 1.165) is 16.8 Å². The molecule has 0 radical (unpaired) electrons. The Kier molecular flexibility index (Phi) is 7.77. The fraction of sp³-hybridized carbons (Fsp3) is 0.238. The molecule has 0 unspecified atom stereocenters. The van der Waals surface area contributed by atoms with Crippen LogP contribution in [0.5, 0.6) is 5.75 Å². The Balaban J connectivity index is 1.69. The maximum absolute atomic E-state index is 14.1. The van der Waals surface area contributed by atoms with Gasteiger partial charge in [-0.1, -0.05) is 17.7 Å². The van der Waals surface area contributed by atoms with Gasteiger partial charge >= 0.3 is 12.2 Å². The van der Waals surface area contributed by atoms with Crippen LogP contribution in [0.15, 0.2) is 48.5 Å². The first kappa shape index (κ1) is 24.3. The number of alkyl halides is 3. The van der Waals surface area contributed by atoms with Gasteiger partial charge in [0.2, 0.25) is 0 Å². The molecule has 1 heterocycles. The molecule has 176 valence electrons. The monoisotopic (exact) mass is 486 g/mol. The summed E-state index contributed by atoms with van der Waals surface area (Å²) in [6.45, 7) is 0.146. The summed E-state index contributed by atoms with van der Waals surface area (Å²) in [4.78, 5) is 12.2. The lowest BCUT2D eigenvalue weighted by atomic mass is 10.3. The number of ether oxygens (including phenoxy) is 2. The van der Waals surface area contributed by atoms with Gasteiger partial charge in [-0.25, -0.2) is 13.9 Å². The molecular weight excluding hydrogens is 468 g/mol. The van der Waals surface area contributed by atoms with Gasteiger partial charge in [0.1, 0.15) is 6.61 Å². The second kappa shape index (κ2) is 10.5. The quantitative estimate of drug-likeness (QED) is 0.346. The largest absolute Gasteiger partial charge is 0.488 e. The van der Waals surface area contributed by atoms with E-state index in [9.17, 15) is 22.4 Å². The third-order valence-corrected chi connectivity index (χ3v) is 4.53. The Morgan fingerprint density at radius 1 is 1.15 bits per heavy atom. The summed E-state index contributed by atoms with van der Waals surface area (Å²) >= 11 is 5.93. The summed E-state index contributed by atoms with van der Waals surface area (Å²) in [7, 11) is 1.48. The van der Waals surface area contributed by atoms with Crippen LogP contribution in [0.1, 0.15) is 11.4 Å². The van der Waals surface area contributed by atoms with Crippen LogP contribution in [0.25, 0.3) is 5.69 Å². The van der Waals surface area contributed by atoms with Crippen LogP contribution < -0.4 is 15.4 Å². The molecule has 3 aromatic rings. The zero-order valence-electron chi connectivity index (χ0n) is 17.2. The number of nitrogens with one attached hydrogen (secondary N) is 2. The third-order valence-electron chi connectivity index (χ3n) is 4.29. The number of halogens is 5. The Morgan fingerprint density at radius 2 is 1.94 bits per heavy atom. The van der Waals surface area contributed by atoms with E-state index in [2.05, 4.69) is 15.7 Å². The zero-order valence-corrected chi connectivity index (χ0v) is 18.0. The number of amides is 2. The first-order valence-electron chi connectivity index (χ1n) is 9.55. The highest BCUT2D eigenvalue weighted by Gasteiger charge is 2.35. The number of hydrogen-bond acceptors (Lipinski definition) is 4. The molecule has 0 atom stereocenters. The van der Waals surface area contributed by atoms with Crippen LogP contribution in [0, 0.1) is 5.82 Å². The summed E-state index contributed by atoms with van der Waals surface area (Å²) in [5.74, 6) is -0.708. The smallest absolute Gasteiger partial charge is 0.435 e. The van der Waals surface area contributed by atoms with Crippen molar-refractivity contribution < 1.29 is 31.8 Å². The van der Waals surface area contributed by atoms with Crippen LogP contribution in [0.2, 0.25) is 5.02 Å². The standard InChI is InChI=1S/C21H19ClF4N4O3/c1-32-7-8-33-18-6-5-14(10-17(18)23)28-20(31)27-12-16-11-19(21(24,25)26)29-30(16)15-4-2-3-13(22)9-15/h2-6,9-11H,7-8,12H2,1H3,(H2,27,28,31). The molecule has 0 bridgehead atoms. The molecular formula is C21H19ClF4N4O3. The number of aromatic nitrogens is 2. The van der Waals surface area contributed by atoms with Crippen molar-refractivity contribution in [2.24, 2.45) is 0 Å². The average Bonchev–Trinajstić information content (AvgIpc) is 3.19. The van der Waals surface area contributed by atoms with E-state index >= 15 is 0 Å². The molecule has 0 fully saturated rings. The molecule has 0 saturated carbocycles. The average molecular weight is 487 g/mol. The van der Waals surface area contributed by atoms with Gasteiger partial charge in [-0.2, -0.15) is 18.3 Å². The summed E-state index contributed by atoms with van der Waals surface area (Å²) in [5, 5.41) is 8.75. The highest BCUT2D eigenvalue weighted by atomic mass is 35.5. The van der Waals surface area contributed by atoms with Crippen molar-refractivity contribution in [3.05, 3.63) is 70.8 Å². The Morgan fingerprint density at radius 3 is 2.61 bits per heavy atom. The molecule has 33 heavy (non-hydrogen) atoms. The molecule has 0 spiro atoms. The van der Waals surface area contributed by atoms with E-state index < -0.39 is 23.7 Å². The summed E-state index contributed by atoms with van der Waals surface area (Å²) in [6.07, 6.45) is -4.68. The Hall–Kier alpha value is -3.31. The highest BCUT2D eigenvalue weighted by molar-refractivity contribution is 6.30. The minimum atomic E-state index is -4.68.